The lowest BCUT2D eigenvalue weighted by Crippen LogP contribution is -2.26. The van der Waals surface area contributed by atoms with Crippen molar-refractivity contribution in [2.45, 2.75) is 78.3 Å². The van der Waals surface area contributed by atoms with Crippen molar-refractivity contribution in [1.29, 1.82) is 0 Å². The first kappa shape index (κ1) is 24.5. The van der Waals surface area contributed by atoms with Crippen LogP contribution in [-0.4, -0.2) is 25.4 Å². The third-order valence-electron chi connectivity index (χ3n) is 5.99. The third kappa shape index (κ3) is 6.44. The van der Waals surface area contributed by atoms with Gasteiger partial charge in [0.05, 0.1) is 12.1 Å². The van der Waals surface area contributed by atoms with Crippen LogP contribution < -0.4 is 5.69 Å². The molecule has 1 heterocycles. The molecule has 0 atom stereocenters. The van der Waals surface area contributed by atoms with Crippen molar-refractivity contribution in [3.8, 4) is 11.1 Å². The second-order valence-electron chi connectivity index (χ2n) is 8.57. The first-order valence-corrected chi connectivity index (χ1v) is 12.1. The quantitative estimate of drug-likeness (QED) is 0.336. The fourth-order valence-corrected chi connectivity index (χ4v) is 4.09. The molecule has 176 valence electrons. The summed E-state index contributed by atoms with van der Waals surface area (Å²) in [5.41, 5.74) is 2.77. The van der Waals surface area contributed by atoms with Crippen LogP contribution in [0.25, 0.3) is 11.1 Å². The van der Waals surface area contributed by atoms with E-state index in [4.69, 9.17) is 0 Å². The molecule has 0 aliphatic rings. The minimum Gasteiger partial charge on any atom is -0.478 e. The Hall–Kier alpha value is -3.15. The van der Waals surface area contributed by atoms with Crippen LogP contribution in [0.1, 0.15) is 80.5 Å². The predicted octanol–water partition coefficient (Wildman–Crippen LogP) is 5.77. The topological polar surface area (TPSA) is 77.1 Å². The highest BCUT2D eigenvalue weighted by molar-refractivity contribution is 5.95. The van der Waals surface area contributed by atoms with Gasteiger partial charge in [0.15, 0.2) is 0 Å². The van der Waals surface area contributed by atoms with Gasteiger partial charge in [0.1, 0.15) is 5.82 Å². The van der Waals surface area contributed by atoms with Gasteiger partial charge in [0, 0.05) is 13.0 Å². The Labute approximate surface area is 195 Å². The molecule has 1 aromatic heterocycles. The van der Waals surface area contributed by atoms with Gasteiger partial charge in [-0.3, -0.25) is 4.57 Å². The minimum absolute atomic E-state index is 0.0432. The van der Waals surface area contributed by atoms with Crippen molar-refractivity contribution in [3.63, 3.8) is 0 Å². The molecule has 0 spiro atoms. The van der Waals surface area contributed by atoms with Crippen molar-refractivity contribution in [1.82, 2.24) is 14.3 Å². The van der Waals surface area contributed by atoms with E-state index in [-0.39, 0.29) is 11.3 Å². The van der Waals surface area contributed by atoms with Crippen molar-refractivity contribution in [2.24, 2.45) is 0 Å². The van der Waals surface area contributed by atoms with Gasteiger partial charge in [0.25, 0.3) is 0 Å². The number of nitrogens with zero attached hydrogens (tertiary/aromatic N) is 3. The zero-order valence-corrected chi connectivity index (χ0v) is 19.8. The van der Waals surface area contributed by atoms with Crippen molar-refractivity contribution < 1.29 is 9.90 Å². The first-order chi connectivity index (χ1) is 16.0. The highest BCUT2D eigenvalue weighted by atomic mass is 16.4. The lowest BCUT2D eigenvalue weighted by molar-refractivity contribution is 0.0697. The molecule has 6 heteroatoms. The summed E-state index contributed by atoms with van der Waals surface area (Å²) in [6.45, 7) is 5.48. The summed E-state index contributed by atoms with van der Waals surface area (Å²) in [6.07, 6.45) is 8.49. The standard InChI is InChI=1S/C27H35N3O3/c1-3-5-7-11-19-30-27(33)29(25(28-30)14-8-6-4-2)20-21-15-17-22(18-16-21)23-12-9-10-13-24(23)26(31)32/h9-10,12-13,15-18H,3-8,11,14,19-20H2,1-2H3,(H,31,32). The fraction of sp³-hybridized carbons (Fsp3) is 0.444. The molecule has 0 fully saturated rings. The van der Waals surface area contributed by atoms with E-state index in [0.717, 1.165) is 55.5 Å². The number of aromatic carboxylic acids is 1. The number of aromatic nitrogens is 3. The molecule has 0 aliphatic heterocycles. The molecular weight excluding hydrogens is 414 g/mol. The van der Waals surface area contributed by atoms with E-state index in [1.165, 1.54) is 12.8 Å². The van der Waals surface area contributed by atoms with Gasteiger partial charge >= 0.3 is 11.7 Å². The van der Waals surface area contributed by atoms with Crippen molar-refractivity contribution in [2.75, 3.05) is 0 Å². The molecule has 0 bridgehead atoms. The predicted molar refractivity (Wildman–Crippen MR) is 132 cm³/mol. The lowest BCUT2D eigenvalue weighted by atomic mass is 9.99. The third-order valence-corrected chi connectivity index (χ3v) is 5.99. The van der Waals surface area contributed by atoms with Crippen molar-refractivity contribution in [3.05, 3.63) is 76.0 Å². The Kier molecular flexibility index (Phi) is 9.04. The number of hydrogen-bond donors (Lipinski definition) is 1. The van der Waals surface area contributed by atoms with E-state index >= 15 is 0 Å². The average molecular weight is 450 g/mol. The van der Waals surface area contributed by atoms with Crippen LogP contribution in [-0.2, 0) is 19.5 Å². The Bertz CT molecular complexity index is 1100. The van der Waals surface area contributed by atoms with Gasteiger partial charge < -0.3 is 5.11 Å². The van der Waals surface area contributed by atoms with Gasteiger partial charge in [-0.25, -0.2) is 14.3 Å². The number of carboxylic acids is 1. The van der Waals surface area contributed by atoms with E-state index in [1.807, 2.05) is 36.4 Å². The smallest absolute Gasteiger partial charge is 0.346 e. The molecular formula is C27H35N3O3. The molecule has 0 saturated carbocycles. The van der Waals surface area contributed by atoms with Crippen LogP contribution in [0.4, 0.5) is 0 Å². The maximum Gasteiger partial charge on any atom is 0.346 e. The molecule has 0 amide bonds. The molecule has 1 N–H and O–H groups in total. The van der Waals surface area contributed by atoms with Crippen LogP contribution >= 0.6 is 0 Å². The van der Waals surface area contributed by atoms with E-state index < -0.39 is 5.97 Å². The van der Waals surface area contributed by atoms with E-state index in [1.54, 1.807) is 21.4 Å². The maximum absolute atomic E-state index is 13.1. The van der Waals surface area contributed by atoms with Gasteiger partial charge in [-0.15, -0.1) is 0 Å². The molecule has 2 aromatic carbocycles. The van der Waals surface area contributed by atoms with E-state index in [9.17, 15) is 14.7 Å². The Morgan fingerprint density at radius 2 is 1.61 bits per heavy atom. The molecule has 0 aliphatic carbocycles. The molecule has 33 heavy (non-hydrogen) atoms. The Morgan fingerprint density at radius 1 is 0.909 bits per heavy atom. The SMILES string of the molecule is CCCCCCn1nc(CCCCC)n(Cc2ccc(-c3ccccc3C(=O)O)cc2)c1=O. The molecule has 0 radical (unpaired) electrons. The Morgan fingerprint density at radius 3 is 2.30 bits per heavy atom. The summed E-state index contributed by atoms with van der Waals surface area (Å²) in [6, 6.07) is 14.8. The first-order valence-electron chi connectivity index (χ1n) is 12.1. The highest BCUT2D eigenvalue weighted by Gasteiger charge is 2.14. The lowest BCUT2D eigenvalue weighted by Gasteiger charge is -2.09. The number of aryl methyl sites for hydroxylation is 2. The minimum atomic E-state index is -0.940. The number of benzene rings is 2. The molecule has 3 rings (SSSR count). The molecule has 3 aromatic rings. The summed E-state index contributed by atoms with van der Waals surface area (Å²) < 4.78 is 3.43. The van der Waals surface area contributed by atoms with Gasteiger partial charge in [-0.1, -0.05) is 88.4 Å². The van der Waals surface area contributed by atoms with Crippen LogP contribution in [0.5, 0.6) is 0 Å². The average Bonchev–Trinajstić information content (AvgIpc) is 3.12. The van der Waals surface area contributed by atoms with Crippen LogP contribution in [0.15, 0.2) is 53.3 Å². The summed E-state index contributed by atoms with van der Waals surface area (Å²) in [5.74, 6) is -0.0893. The number of hydrogen-bond acceptors (Lipinski definition) is 3. The second kappa shape index (κ2) is 12.2. The normalized spacial score (nSPS) is 11.1. The second-order valence-corrected chi connectivity index (χ2v) is 8.57. The van der Waals surface area contributed by atoms with Gasteiger partial charge in [-0.2, -0.15) is 5.10 Å². The van der Waals surface area contributed by atoms with Gasteiger partial charge in [-0.05, 0) is 35.6 Å². The fourth-order valence-electron chi connectivity index (χ4n) is 4.09. The summed E-state index contributed by atoms with van der Waals surface area (Å²) >= 11 is 0. The van der Waals surface area contributed by atoms with Crippen LogP contribution in [0.3, 0.4) is 0 Å². The van der Waals surface area contributed by atoms with E-state index in [2.05, 4.69) is 18.9 Å². The maximum atomic E-state index is 13.1. The largest absolute Gasteiger partial charge is 0.478 e. The monoisotopic (exact) mass is 449 g/mol. The van der Waals surface area contributed by atoms with E-state index in [0.29, 0.717) is 18.7 Å². The molecule has 0 unspecified atom stereocenters. The number of unbranched alkanes of at least 4 members (excludes halogenated alkanes) is 5. The van der Waals surface area contributed by atoms with Gasteiger partial charge in [0.2, 0.25) is 0 Å². The molecule has 0 saturated heterocycles. The summed E-state index contributed by atoms with van der Waals surface area (Å²) in [7, 11) is 0. The zero-order valence-electron chi connectivity index (χ0n) is 19.8. The summed E-state index contributed by atoms with van der Waals surface area (Å²) in [5, 5.41) is 14.1. The number of rotatable bonds is 13. The zero-order chi connectivity index (χ0) is 23.6. The van der Waals surface area contributed by atoms with Crippen molar-refractivity contribution >= 4 is 5.97 Å². The number of carbonyl (C=O) groups is 1. The van der Waals surface area contributed by atoms with Crippen LogP contribution in [0, 0.1) is 0 Å². The molecule has 6 nitrogen and oxygen atoms in total. The number of carboxylic acid groups (broad SMARTS) is 1. The highest BCUT2D eigenvalue weighted by Crippen LogP contribution is 2.24. The van der Waals surface area contributed by atoms with Crippen LogP contribution in [0.2, 0.25) is 0 Å². The Balaban J connectivity index is 1.82. The summed E-state index contributed by atoms with van der Waals surface area (Å²) in [4.78, 5) is 24.6.